The molecule has 1 saturated heterocycles. The topological polar surface area (TPSA) is 30.5 Å². The molecule has 88 valence electrons. The molecule has 1 aromatic rings. The number of nitrogens with one attached hydrogen (secondary N) is 1. The molecular formula is C13H19NO2. The van der Waals surface area contributed by atoms with E-state index in [1.807, 2.05) is 6.07 Å². The molecule has 1 aliphatic rings. The molecule has 16 heavy (non-hydrogen) atoms. The van der Waals surface area contributed by atoms with Crippen LogP contribution in [0.25, 0.3) is 0 Å². The van der Waals surface area contributed by atoms with E-state index in [0.29, 0.717) is 12.6 Å². The monoisotopic (exact) mass is 221 g/mol. The molecule has 1 heterocycles. The predicted molar refractivity (Wildman–Crippen MR) is 63.7 cm³/mol. The van der Waals surface area contributed by atoms with E-state index in [0.717, 1.165) is 17.9 Å². The van der Waals surface area contributed by atoms with Gasteiger partial charge in [-0.15, -0.1) is 0 Å². The summed E-state index contributed by atoms with van der Waals surface area (Å²) in [7, 11) is 3.40. The first-order valence-electron chi connectivity index (χ1n) is 5.74. The van der Waals surface area contributed by atoms with Gasteiger partial charge in [0.2, 0.25) is 0 Å². The SMILES string of the molecule is COCc1cc(C2CCCN2)ccc1OC. The highest BCUT2D eigenvalue weighted by molar-refractivity contribution is 5.38. The lowest BCUT2D eigenvalue weighted by atomic mass is 10.0. The molecule has 3 heteroatoms. The molecule has 1 atom stereocenters. The standard InChI is InChI=1S/C13H19NO2/c1-15-9-11-8-10(5-6-13(11)16-2)12-4-3-7-14-12/h5-6,8,12,14H,3-4,7,9H2,1-2H3. The van der Waals surface area contributed by atoms with E-state index in [-0.39, 0.29) is 0 Å². The predicted octanol–water partition coefficient (Wildman–Crippen LogP) is 2.27. The minimum atomic E-state index is 0.501. The van der Waals surface area contributed by atoms with Crippen molar-refractivity contribution in [3.8, 4) is 5.75 Å². The Hall–Kier alpha value is -1.06. The van der Waals surface area contributed by atoms with E-state index in [4.69, 9.17) is 9.47 Å². The summed E-state index contributed by atoms with van der Waals surface area (Å²) in [5.74, 6) is 0.906. The van der Waals surface area contributed by atoms with Crippen LogP contribution in [0.4, 0.5) is 0 Å². The lowest BCUT2D eigenvalue weighted by Crippen LogP contribution is -2.13. The second-order valence-corrected chi connectivity index (χ2v) is 4.15. The van der Waals surface area contributed by atoms with Crippen molar-refractivity contribution in [1.82, 2.24) is 5.32 Å². The van der Waals surface area contributed by atoms with Gasteiger partial charge in [0.15, 0.2) is 0 Å². The normalized spacial score (nSPS) is 20.0. The minimum absolute atomic E-state index is 0.501. The molecule has 0 aliphatic carbocycles. The van der Waals surface area contributed by atoms with Gasteiger partial charge in [0.25, 0.3) is 0 Å². The van der Waals surface area contributed by atoms with E-state index in [9.17, 15) is 0 Å². The van der Waals surface area contributed by atoms with Gasteiger partial charge >= 0.3 is 0 Å². The van der Waals surface area contributed by atoms with Gasteiger partial charge < -0.3 is 14.8 Å². The first-order valence-corrected chi connectivity index (χ1v) is 5.74. The molecular weight excluding hydrogens is 202 g/mol. The van der Waals surface area contributed by atoms with Gasteiger partial charge in [0.05, 0.1) is 13.7 Å². The lowest BCUT2D eigenvalue weighted by Gasteiger charge is -2.14. The van der Waals surface area contributed by atoms with Crippen LogP contribution in [0.5, 0.6) is 5.75 Å². The Bertz CT molecular complexity index is 346. The van der Waals surface area contributed by atoms with Gasteiger partial charge in [0, 0.05) is 18.7 Å². The molecule has 1 fully saturated rings. The maximum absolute atomic E-state index is 5.32. The Labute approximate surface area is 96.8 Å². The van der Waals surface area contributed by atoms with Crippen molar-refractivity contribution in [2.24, 2.45) is 0 Å². The molecule has 1 N–H and O–H groups in total. The third-order valence-electron chi connectivity index (χ3n) is 3.07. The van der Waals surface area contributed by atoms with E-state index in [1.165, 1.54) is 18.4 Å². The zero-order chi connectivity index (χ0) is 11.4. The first-order chi connectivity index (χ1) is 7.85. The molecule has 0 saturated carbocycles. The van der Waals surface area contributed by atoms with Gasteiger partial charge in [-0.3, -0.25) is 0 Å². The van der Waals surface area contributed by atoms with Gasteiger partial charge in [-0.05, 0) is 37.1 Å². The summed E-state index contributed by atoms with van der Waals surface area (Å²) in [6.45, 7) is 1.72. The molecule has 0 aromatic heterocycles. The molecule has 1 aromatic carbocycles. The van der Waals surface area contributed by atoms with Gasteiger partial charge in [-0.2, -0.15) is 0 Å². The minimum Gasteiger partial charge on any atom is -0.496 e. The largest absolute Gasteiger partial charge is 0.496 e. The van der Waals surface area contributed by atoms with E-state index >= 15 is 0 Å². The summed E-state index contributed by atoms with van der Waals surface area (Å²) < 4.78 is 10.5. The number of hydrogen-bond acceptors (Lipinski definition) is 3. The maximum atomic E-state index is 5.32. The van der Waals surface area contributed by atoms with Crippen molar-refractivity contribution in [3.05, 3.63) is 29.3 Å². The zero-order valence-electron chi connectivity index (χ0n) is 9.95. The molecule has 0 amide bonds. The molecule has 0 spiro atoms. The fraction of sp³-hybridized carbons (Fsp3) is 0.538. The highest BCUT2D eigenvalue weighted by Crippen LogP contribution is 2.28. The van der Waals surface area contributed by atoms with E-state index < -0.39 is 0 Å². The van der Waals surface area contributed by atoms with Gasteiger partial charge in [0.1, 0.15) is 5.75 Å². The summed E-state index contributed by atoms with van der Waals surface area (Å²) in [6.07, 6.45) is 2.48. The van der Waals surface area contributed by atoms with Crippen molar-refractivity contribution < 1.29 is 9.47 Å². The fourth-order valence-corrected chi connectivity index (χ4v) is 2.25. The van der Waals surface area contributed by atoms with Crippen LogP contribution < -0.4 is 10.1 Å². The van der Waals surface area contributed by atoms with E-state index in [1.54, 1.807) is 14.2 Å². The average Bonchev–Trinajstić information content (AvgIpc) is 2.83. The number of rotatable bonds is 4. The quantitative estimate of drug-likeness (QED) is 0.846. The van der Waals surface area contributed by atoms with Crippen molar-refractivity contribution in [2.45, 2.75) is 25.5 Å². The molecule has 1 aliphatic heterocycles. The highest BCUT2D eigenvalue weighted by atomic mass is 16.5. The van der Waals surface area contributed by atoms with Crippen LogP contribution >= 0.6 is 0 Å². The van der Waals surface area contributed by atoms with Crippen LogP contribution in [0.3, 0.4) is 0 Å². The molecule has 0 radical (unpaired) electrons. The highest BCUT2D eigenvalue weighted by Gasteiger charge is 2.17. The van der Waals surface area contributed by atoms with Crippen LogP contribution in [0.15, 0.2) is 18.2 Å². The lowest BCUT2D eigenvalue weighted by molar-refractivity contribution is 0.181. The van der Waals surface area contributed by atoms with Gasteiger partial charge in [-0.25, -0.2) is 0 Å². The Kier molecular flexibility index (Phi) is 3.80. The summed E-state index contributed by atoms with van der Waals surface area (Å²) in [5.41, 5.74) is 2.46. The number of hydrogen-bond donors (Lipinski definition) is 1. The van der Waals surface area contributed by atoms with Crippen molar-refractivity contribution in [2.75, 3.05) is 20.8 Å². The van der Waals surface area contributed by atoms with Gasteiger partial charge in [-0.1, -0.05) is 6.07 Å². The molecule has 2 rings (SSSR count). The van der Waals surface area contributed by atoms with E-state index in [2.05, 4.69) is 17.4 Å². The Morgan fingerprint density at radius 3 is 2.88 bits per heavy atom. The van der Waals surface area contributed by atoms with Crippen molar-refractivity contribution in [1.29, 1.82) is 0 Å². The third-order valence-corrected chi connectivity index (χ3v) is 3.07. The Balaban J connectivity index is 2.23. The van der Waals surface area contributed by atoms with Crippen LogP contribution in [0.1, 0.15) is 30.0 Å². The zero-order valence-corrected chi connectivity index (χ0v) is 9.95. The van der Waals surface area contributed by atoms with Crippen molar-refractivity contribution in [3.63, 3.8) is 0 Å². The molecule has 1 unspecified atom stereocenters. The maximum Gasteiger partial charge on any atom is 0.124 e. The number of benzene rings is 1. The number of methoxy groups -OCH3 is 2. The average molecular weight is 221 g/mol. The van der Waals surface area contributed by atoms with Crippen LogP contribution in [-0.4, -0.2) is 20.8 Å². The third kappa shape index (κ3) is 2.36. The van der Waals surface area contributed by atoms with Crippen LogP contribution in [0, 0.1) is 0 Å². The first kappa shape index (κ1) is 11.4. The molecule has 0 bridgehead atoms. The Morgan fingerprint density at radius 1 is 1.38 bits per heavy atom. The van der Waals surface area contributed by atoms with Crippen molar-refractivity contribution >= 4 is 0 Å². The summed E-state index contributed by atoms with van der Waals surface area (Å²) in [4.78, 5) is 0. The second-order valence-electron chi connectivity index (χ2n) is 4.15. The fourth-order valence-electron chi connectivity index (χ4n) is 2.25. The smallest absolute Gasteiger partial charge is 0.124 e. The van der Waals surface area contributed by atoms with Crippen LogP contribution in [0.2, 0.25) is 0 Å². The second kappa shape index (κ2) is 5.32. The Morgan fingerprint density at radius 2 is 2.25 bits per heavy atom. The van der Waals surface area contributed by atoms with Crippen LogP contribution in [-0.2, 0) is 11.3 Å². The summed E-state index contributed by atoms with van der Waals surface area (Å²) in [5, 5.41) is 3.50. The number of ether oxygens (including phenoxy) is 2. The summed E-state index contributed by atoms with van der Waals surface area (Å²) >= 11 is 0. The molecule has 3 nitrogen and oxygen atoms in total. The summed E-state index contributed by atoms with van der Waals surface area (Å²) in [6, 6.07) is 6.86.